The number of hydrogen-bond acceptors (Lipinski definition) is 2. The van der Waals surface area contributed by atoms with Crippen LogP contribution in [-0.2, 0) is 13.5 Å². The summed E-state index contributed by atoms with van der Waals surface area (Å²) in [7, 11) is 1.57. The van der Waals surface area contributed by atoms with Gasteiger partial charge in [0.15, 0.2) is 0 Å². The van der Waals surface area contributed by atoms with Crippen LogP contribution in [0.25, 0.3) is 0 Å². The van der Waals surface area contributed by atoms with E-state index < -0.39 is 12.6 Å². The van der Waals surface area contributed by atoms with Crippen LogP contribution in [0.15, 0.2) is 6.07 Å². The molecule has 0 saturated heterocycles. The molecule has 0 fully saturated rings. The Bertz CT molecular complexity index is 290. The zero-order chi connectivity index (χ0) is 10.1. The van der Waals surface area contributed by atoms with Gasteiger partial charge in [0.05, 0.1) is 0 Å². The van der Waals surface area contributed by atoms with E-state index in [0.717, 1.165) is 0 Å². The molecular weight excluding hydrogens is 183 g/mol. The molecule has 0 aromatic carbocycles. The average molecular weight is 193 g/mol. The van der Waals surface area contributed by atoms with Gasteiger partial charge in [-0.05, 0) is 6.42 Å². The molecule has 0 spiro atoms. The van der Waals surface area contributed by atoms with Crippen LogP contribution in [0.3, 0.4) is 0 Å². The van der Waals surface area contributed by atoms with E-state index in [1.807, 2.05) is 0 Å². The Morgan fingerprint density at radius 2 is 2.15 bits per heavy atom. The Hall–Kier alpha value is -1.20. The number of nitrogens with two attached hydrogens (primary N) is 1. The summed E-state index contributed by atoms with van der Waals surface area (Å²) in [6.45, 7) is 0. The van der Waals surface area contributed by atoms with E-state index in [0.29, 0.717) is 5.69 Å². The highest BCUT2D eigenvalue weighted by atomic mass is 19.4. The fourth-order valence-corrected chi connectivity index (χ4v) is 1.03. The molecule has 0 aliphatic carbocycles. The second-order valence-corrected chi connectivity index (χ2v) is 2.80. The van der Waals surface area contributed by atoms with Crippen molar-refractivity contribution in [1.29, 1.82) is 0 Å². The largest absolute Gasteiger partial charge is 0.389 e. The maximum atomic E-state index is 11.8. The Kier molecular flexibility index (Phi) is 2.49. The first-order valence-electron chi connectivity index (χ1n) is 3.73. The van der Waals surface area contributed by atoms with Crippen molar-refractivity contribution >= 4 is 5.82 Å². The zero-order valence-electron chi connectivity index (χ0n) is 7.10. The second-order valence-electron chi connectivity index (χ2n) is 2.80. The molecule has 0 bridgehead atoms. The summed E-state index contributed by atoms with van der Waals surface area (Å²) >= 11 is 0. The van der Waals surface area contributed by atoms with Crippen LogP contribution in [0, 0.1) is 0 Å². The lowest BCUT2D eigenvalue weighted by Gasteiger charge is -2.05. The van der Waals surface area contributed by atoms with Crippen molar-refractivity contribution < 1.29 is 13.2 Å². The minimum Gasteiger partial charge on any atom is -0.382 e. The Balaban J connectivity index is 2.59. The number of alkyl halides is 3. The molecule has 0 aliphatic heterocycles. The van der Waals surface area contributed by atoms with Gasteiger partial charge in [-0.3, -0.25) is 4.68 Å². The highest BCUT2D eigenvalue weighted by Gasteiger charge is 2.27. The van der Waals surface area contributed by atoms with Crippen molar-refractivity contribution in [3.8, 4) is 0 Å². The molecule has 0 unspecified atom stereocenters. The summed E-state index contributed by atoms with van der Waals surface area (Å²) in [5.74, 6) is 0.250. The molecule has 2 N–H and O–H groups in total. The van der Waals surface area contributed by atoms with E-state index >= 15 is 0 Å². The number of hydrogen-bond donors (Lipinski definition) is 1. The molecule has 1 aromatic rings. The minimum absolute atomic E-state index is 0.0792. The zero-order valence-corrected chi connectivity index (χ0v) is 7.10. The first-order valence-corrected chi connectivity index (χ1v) is 3.73. The molecule has 1 heterocycles. The molecule has 3 nitrogen and oxygen atoms in total. The molecular formula is C7H10F3N3. The van der Waals surface area contributed by atoms with Gasteiger partial charge >= 0.3 is 6.18 Å². The van der Waals surface area contributed by atoms with Gasteiger partial charge in [0, 0.05) is 25.2 Å². The third-order valence-corrected chi connectivity index (χ3v) is 1.66. The molecule has 1 rings (SSSR count). The van der Waals surface area contributed by atoms with E-state index in [1.54, 1.807) is 7.05 Å². The van der Waals surface area contributed by atoms with Gasteiger partial charge in [-0.1, -0.05) is 0 Å². The second kappa shape index (κ2) is 3.27. The number of halogens is 3. The minimum atomic E-state index is -4.13. The van der Waals surface area contributed by atoms with Gasteiger partial charge < -0.3 is 5.73 Å². The summed E-state index contributed by atoms with van der Waals surface area (Å²) in [6.07, 6.45) is -5.05. The van der Waals surface area contributed by atoms with Crippen LogP contribution in [0.1, 0.15) is 12.1 Å². The lowest BCUT2D eigenvalue weighted by atomic mass is 10.2. The average Bonchev–Trinajstić information content (AvgIpc) is 2.24. The highest BCUT2D eigenvalue weighted by molar-refractivity contribution is 5.29. The number of aromatic nitrogens is 2. The third kappa shape index (κ3) is 2.96. The number of nitrogen functional groups attached to an aromatic ring is 1. The maximum absolute atomic E-state index is 11.8. The topological polar surface area (TPSA) is 43.8 Å². The maximum Gasteiger partial charge on any atom is 0.389 e. The molecule has 13 heavy (non-hydrogen) atoms. The van der Waals surface area contributed by atoms with Crippen molar-refractivity contribution in [2.45, 2.75) is 19.0 Å². The van der Waals surface area contributed by atoms with Crippen molar-refractivity contribution in [3.05, 3.63) is 11.8 Å². The summed E-state index contributed by atoms with van der Waals surface area (Å²) in [4.78, 5) is 0. The molecule has 74 valence electrons. The van der Waals surface area contributed by atoms with Crippen LogP contribution in [0.5, 0.6) is 0 Å². The Labute approximate surface area is 73.3 Å². The third-order valence-electron chi connectivity index (χ3n) is 1.66. The quantitative estimate of drug-likeness (QED) is 0.773. The monoisotopic (exact) mass is 193 g/mol. The van der Waals surface area contributed by atoms with E-state index in [2.05, 4.69) is 5.10 Å². The smallest absolute Gasteiger partial charge is 0.382 e. The Morgan fingerprint density at radius 3 is 2.54 bits per heavy atom. The van der Waals surface area contributed by atoms with Crippen molar-refractivity contribution in [2.75, 3.05) is 5.73 Å². The normalized spacial score (nSPS) is 12.0. The molecule has 0 aliphatic rings. The fraction of sp³-hybridized carbons (Fsp3) is 0.571. The van der Waals surface area contributed by atoms with Crippen molar-refractivity contribution in [2.24, 2.45) is 7.05 Å². The predicted octanol–water partition coefficient (Wildman–Crippen LogP) is 1.50. The molecule has 1 aromatic heterocycles. The number of anilines is 1. The van der Waals surface area contributed by atoms with Crippen molar-refractivity contribution in [3.63, 3.8) is 0 Å². The van der Waals surface area contributed by atoms with Gasteiger partial charge in [0.1, 0.15) is 5.82 Å². The van der Waals surface area contributed by atoms with Crippen molar-refractivity contribution in [1.82, 2.24) is 9.78 Å². The molecule has 0 radical (unpaired) electrons. The molecule has 0 amide bonds. The van der Waals surface area contributed by atoms with E-state index in [4.69, 9.17) is 5.73 Å². The number of aryl methyl sites for hydroxylation is 2. The number of nitrogens with zero attached hydrogens (tertiary/aromatic N) is 2. The van der Waals surface area contributed by atoms with Crippen LogP contribution in [-0.4, -0.2) is 16.0 Å². The summed E-state index contributed by atoms with van der Waals surface area (Å²) in [5, 5.41) is 3.74. The standard InChI is InChI=1S/C7H10F3N3/c1-13-5(4-6(11)12-13)2-3-7(8,9)10/h4H,2-3H2,1H3,(H2,11,12). The fourth-order valence-electron chi connectivity index (χ4n) is 1.03. The summed E-state index contributed by atoms with van der Waals surface area (Å²) < 4.78 is 36.8. The first-order chi connectivity index (χ1) is 5.88. The van der Waals surface area contributed by atoms with Gasteiger partial charge in [0.2, 0.25) is 0 Å². The molecule has 0 saturated carbocycles. The van der Waals surface area contributed by atoms with Gasteiger partial charge in [-0.25, -0.2) is 0 Å². The van der Waals surface area contributed by atoms with Gasteiger partial charge in [-0.2, -0.15) is 18.3 Å². The number of rotatable bonds is 2. The lowest BCUT2D eigenvalue weighted by Crippen LogP contribution is -2.10. The first kappa shape index (κ1) is 9.88. The van der Waals surface area contributed by atoms with Crippen LogP contribution < -0.4 is 5.73 Å². The van der Waals surface area contributed by atoms with E-state index in [-0.39, 0.29) is 12.2 Å². The van der Waals surface area contributed by atoms with Gasteiger partial charge in [0.25, 0.3) is 0 Å². The molecule has 0 atom stereocenters. The SMILES string of the molecule is Cn1nc(N)cc1CCC(F)(F)F. The van der Waals surface area contributed by atoms with Crippen LogP contribution in [0.4, 0.5) is 19.0 Å². The Morgan fingerprint density at radius 1 is 1.54 bits per heavy atom. The predicted molar refractivity (Wildman–Crippen MR) is 42.0 cm³/mol. The lowest BCUT2D eigenvalue weighted by molar-refractivity contribution is -0.134. The van der Waals surface area contributed by atoms with Gasteiger partial charge in [-0.15, -0.1) is 0 Å². The van der Waals surface area contributed by atoms with E-state index in [9.17, 15) is 13.2 Å². The van der Waals surface area contributed by atoms with E-state index in [1.165, 1.54) is 10.7 Å². The highest BCUT2D eigenvalue weighted by Crippen LogP contribution is 2.22. The van der Waals surface area contributed by atoms with Crippen LogP contribution >= 0.6 is 0 Å². The van der Waals surface area contributed by atoms with Crippen LogP contribution in [0.2, 0.25) is 0 Å². The molecule has 6 heteroatoms. The summed E-state index contributed by atoms with van der Waals surface area (Å²) in [6, 6.07) is 1.45. The summed E-state index contributed by atoms with van der Waals surface area (Å²) in [5.41, 5.74) is 5.80.